The van der Waals surface area contributed by atoms with Gasteiger partial charge in [0.25, 0.3) is 0 Å². The van der Waals surface area contributed by atoms with Crippen LogP contribution in [-0.4, -0.2) is 23.7 Å². The van der Waals surface area contributed by atoms with Crippen molar-refractivity contribution in [1.29, 1.82) is 0 Å². The number of carbonyl (C=O) groups excluding carboxylic acids is 1. The van der Waals surface area contributed by atoms with E-state index in [0.717, 1.165) is 5.56 Å². The zero-order chi connectivity index (χ0) is 15.2. The van der Waals surface area contributed by atoms with Crippen LogP contribution in [0.2, 0.25) is 0 Å². The predicted molar refractivity (Wildman–Crippen MR) is 77.5 cm³/mol. The van der Waals surface area contributed by atoms with E-state index < -0.39 is 11.4 Å². The highest BCUT2D eigenvalue weighted by Crippen LogP contribution is 2.19. The van der Waals surface area contributed by atoms with E-state index in [0.29, 0.717) is 13.0 Å². The number of aryl methyl sites for hydroxylation is 1. The molecule has 1 atom stereocenters. The van der Waals surface area contributed by atoms with Gasteiger partial charge in [-0.05, 0) is 25.8 Å². The van der Waals surface area contributed by atoms with Crippen molar-refractivity contribution >= 4 is 12.0 Å². The minimum Gasteiger partial charge on any atom is -0.481 e. The van der Waals surface area contributed by atoms with Gasteiger partial charge in [0.2, 0.25) is 0 Å². The molecular weight excluding hydrogens is 256 g/mol. The van der Waals surface area contributed by atoms with Crippen LogP contribution in [0.25, 0.3) is 0 Å². The average Bonchev–Trinajstić information content (AvgIpc) is 2.43. The van der Waals surface area contributed by atoms with Gasteiger partial charge in [-0.25, -0.2) is 4.79 Å². The van der Waals surface area contributed by atoms with E-state index in [4.69, 9.17) is 5.11 Å². The number of hydrogen-bond donors (Lipinski definition) is 3. The SMILES string of the molecule is CCC(C)(CNC(=O)NCc1ccc(C)cc1)C(=O)O. The number of urea groups is 1. The molecule has 0 aliphatic heterocycles. The Bertz CT molecular complexity index is 471. The van der Waals surface area contributed by atoms with Crippen LogP contribution in [0.5, 0.6) is 0 Å². The molecule has 0 bridgehead atoms. The summed E-state index contributed by atoms with van der Waals surface area (Å²) in [7, 11) is 0. The molecule has 0 heterocycles. The third kappa shape index (κ3) is 4.57. The standard InChI is InChI=1S/C15H22N2O3/c1-4-15(3,13(18)19)10-17-14(20)16-9-12-7-5-11(2)6-8-12/h5-8H,4,9-10H2,1-3H3,(H,18,19)(H2,16,17,20). The van der Waals surface area contributed by atoms with Crippen LogP contribution in [0.1, 0.15) is 31.4 Å². The van der Waals surface area contributed by atoms with Crippen LogP contribution in [0.15, 0.2) is 24.3 Å². The molecule has 0 spiro atoms. The first-order chi connectivity index (χ1) is 9.37. The second-order valence-electron chi connectivity index (χ2n) is 5.24. The van der Waals surface area contributed by atoms with E-state index in [1.165, 1.54) is 5.56 Å². The van der Waals surface area contributed by atoms with Crippen molar-refractivity contribution in [2.75, 3.05) is 6.54 Å². The molecule has 2 amide bonds. The summed E-state index contributed by atoms with van der Waals surface area (Å²) in [5, 5.41) is 14.4. The van der Waals surface area contributed by atoms with Crippen molar-refractivity contribution < 1.29 is 14.7 Å². The first-order valence-electron chi connectivity index (χ1n) is 6.68. The molecule has 1 aromatic carbocycles. The Hall–Kier alpha value is -2.04. The number of carboxylic acid groups (broad SMARTS) is 1. The van der Waals surface area contributed by atoms with Gasteiger partial charge in [-0.2, -0.15) is 0 Å². The zero-order valence-corrected chi connectivity index (χ0v) is 12.2. The van der Waals surface area contributed by atoms with Crippen LogP contribution in [0.4, 0.5) is 4.79 Å². The van der Waals surface area contributed by atoms with Crippen LogP contribution in [-0.2, 0) is 11.3 Å². The largest absolute Gasteiger partial charge is 0.481 e. The molecule has 0 aliphatic carbocycles. The van der Waals surface area contributed by atoms with Crippen LogP contribution < -0.4 is 10.6 Å². The summed E-state index contributed by atoms with van der Waals surface area (Å²) in [6.07, 6.45) is 0.459. The van der Waals surface area contributed by atoms with Crippen molar-refractivity contribution in [3.63, 3.8) is 0 Å². The first kappa shape index (κ1) is 16.0. The predicted octanol–water partition coefficient (Wildman–Crippen LogP) is 2.30. The molecule has 1 rings (SSSR count). The molecule has 1 unspecified atom stereocenters. The fourth-order valence-corrected chi connectivity index (χ4v) is 1.58. The molecule has 0 aromatic heterocycles. The van der Waals surface area contributed by atoms with Gasteiger partial charge >= 0.3 is 12.0 Å². The lowest BCUT2D eigenvalue weighted by Gasteiger charge is -2.23. The molecule has 5 nitrogen and oxygen atoms in total. The van der Waals surface area contributed by atoms with Gasteiger partial charge in [-0.1, -0.05) is 36.8 Å². The number of nitrogens with one attached hydrogen (secondary N) is 2. The van der Waals surface area contributed by atoms with Crippen molar-refractivity contribution in [3.8, 4) is 0 Å². The average molecular weight is 278 g/mol. The van der Waals surface area contributed by atoms with Gasteiger partial charge in [0.15, 0.2) is 0 Å². The Kier molecular flexibility index (Phi) is 5.55. The maximum absolute atomic E-state index is 11.7. The Morgan fingerprint density at radius 1 is 1.20 bits per heavy atom. The minimum atomic E-state index is -0.929. The number of benzene rings is 1. The monoisotopic (exact) mass is 278 g/mol. The molecule has 3 N–H and O–H groups in total. The van der Waals surface area contributed by atoms with E-state index in [9.17, 15) is 9.59 Å². The first-order valence-corrected chi connectivity index (χ1v) is 6.68. The van der Waals surface area contributed by atoms with Crippen molar-refractivity contribution in [1.82, 2.24) is 10.6 Å². The lowest BCUT2D eigenvalue weighted by atomic mass is 9.88. The number of amides is 2. The van der Waals surface area contributed by atoms with E-state index in [1.54, 1.807) is 13.8 Å². The van der Waals surface area contributed by atoms with Gasteiger partial charge in [0.05, 0.1) is 5.41 Å². The fourth-order valence-electron chi connectivity index (χ4n) is 1.58. The van der Waals surface area contributed by atoms with Crippen LogP contribution in [0.3, 0.4) is 0 Å². The molecule has 20 heavy (non-hydrogen) atoms. The van der Waals surface area contributed by atoms with E-state index in [2.05, 4.69) is 10.6 Å². The van der Waals surface area contributed by atoms with Gasteiger partial charge in [0, 0.05) is 13.1 Å². The molecule has 5 heteroatoms. The number of rotatable bonds is 6. The Labute approximate surface area is 119 Å². The summed E-state index contributed by atoms with van der Waals surface area (Å²) in [6.45, 7) is 5.94. The number of aliphatic carboxylic acids is 1. The van der Waals surface area contributed by atoms with Gasteiger partial charge in [0.1, 0.15) is 0 Å². The molecule has 1 aromatic rings. The molecule has 0 saturated heterocycles. The highest BCUT2D eigenvalue weighted by molar-refractivity contribution is 5.77. The van der Waals surface area contributed by atoms with Crippen LogP contribution in [0, 0.1) is 12.3 Å². The molecule has 0 aliphatic rings. The lowest BCUT2D eigenvalue weighted by Crippen LogP contribution is -2.44. The molecule has 0 saturated carbocycles. The normalized spacial score (nSPS) is 13.3. The Morgan fingerprint density at radius 3 is 2.30 bits per heavy atom. The molecule has 0 fully saturated rings. The zero-order valence-electron chi connectivity index (χ0n) is 12.2. The topological polar surface area (TPSA) is 78.4 Å². The highest BCUT2D eigenvalue weighted by atomic mass is 16.4. The smallest absolute Gasteiger partial charge is 0.315 e. The van der Waals surface area contributed by atoms with E-state index in [-0.39, 0.29) is 12.6 Å². The summed E-state index contributed by atoms with van der Waals surface area (Å²) in [6, 6.07) is 7.50. The van der Waals surface area contributed by atoms with Gasteiger partial charge < -0.3 is 15.7 Å². The quantitative estimate of drug-likeness (QED) is 0.747. The van der Waals surface area contributed by atoms with Crippen molar-refractivity contribution in [2.45, 2.75) is 33.7 Å². The van der Waals surface area contributed by atoms with Crippen molar-refractivity contribution in [3.05, 3.63) is 35.4 Å². The maximum atomic E-state index is 11.7. The Morgan fingerprint density at radius 2 is 1.80 bits per heavy atom. The Balaban J connectivity index is 2.41. The summed E-state index contributed by atoms with van der Waals surface area (Å²) in [5.74, 6) is -0.904. The third-order valence-electron chi connectivity index (χ3n) is 3.51. The van der Waals surface area contributed by atoms with E-state index >= 15 is 0 Å². The summed E-state index contributed by atoms with van der Waals surface area (Å²) in [5.41, 5.74) is 1.24. The number of carbonyl (C=O) groups is 2. The van der Waals surface area contributed by atoms with Crippen LogP contribution >= 0.6 is 0 Å². The second-order valence-corrected chi connectivity index (χ2v) is 5.24. The summed E-state index contributed by atoms with van der Waals surface area (Å²) in [4.78, 5) is 22.8. The number of hydrogen-bond acceptors (Lipinski definition) is 2. The molecule has 0 radical (unpaired) electrons. The molecule has 110 valence electrons. The summed E-state index contributed by atoms with van der Waals surface area (Å²) < 4.78 is 0. The minimum absolute atomic E-state index is 0.110. The number of carboxylic acids is 1. The lowest BCUT2D eigenvalue weighted by molar-refractivity contribution is -0.147. The van der Waals surface area contributed by atoms with Gasteiger partial charge in [-0.15, -0.1) is 0 Å². The second kappa shape index (κ2) is 6.93. The maximum Gasteiger partial charge on any atom is 0.315 e. The third-order valence-corrected chi connectivity index (χ3v) is 3.51. The molecular formula is C15H22N2O3. The summed E-state index contributed by atoms with van der Waals surface area (Å²) >= 11 is 0. The van der Waals surface area contributed by atoms with Gasteiger partial charge in [-0.3, -0.25) is 4.79 Å². The fraction of sp³-hybridized carbons (Fsp3) is 0.467. The highest BCUT2D eigenvalue weighted by Gasteiger charge is 2.31. The van der Waals surface area contributed by atoms with E-state index in [1.807, 2.05) is 31.2 Å². The van der Waals surface area contributed by atoms with Crippen molar-refractivity contribution in [2.24, 2.45) is 5.41 Å².